The fourth-order valence-corrected chi connectivity index (χ4v) is 8.08. The Morgan fingerprint density at radius 2 is 1.87 bits per heavy atom. The number of rotatable bonds is 2. The standard InChI is InChI=1S/C25H40N2O3/c1-15(26-22(29)23(30)27(4)5)19-8-9-20-18-7-6-16-14-17(28)10-12-24(16,2)21(18)11-13-25(19,20)3/h6,15,17-21,28H,7-14H2,1-5H3,(H,26,29)/t15?,17-,18-,19+,20-,21-,24-,25+/m0/s1. The maximum Gasteiger partial charge on any atom is 0.311 e. The molecule has 30 heavy (non-hydrogen) atoms. The average molecular weight is 417 g/mol. The number of nitrogens with zero attached hydrogens (tertiary/aromatic N) is 1. The van der Waals surface area contributed by atoms with Gasteiger partial charge in [0.1, 0.15) is 0 Å². The molecule has 5 heteroatoms. The summed E-state index contributed by atoms with van der Waals surface area (Å²) in [6, 6.07) is 0.0167. The lowest BCUT2D eigenvalue weighted by Crippen LogP contribution is -2.53. The Bertz CT molecular complexity index is 747. The van der Waals surface area contributed by atoms with Crippen LogP contribution >= 0.6 is 0 Å². The van der Waals surface area contributed by atoms with Crippen LogP contribution in [0.1, 0.15) is 72.1 Å². The normalized spacial score (nSPS) is 43.5. The topological polar surface area (TPSA) is 69.6 Å². The molecule has 0 aromatic rings. The van der Waals surface area contributed by atoms with Crippen molar-refractivity contribution in [2.75, 3.05) is 14.1 Å². The van der Waals surface area contributed by atoms with Gasteiger partial charge in [0.25, 0.3) is 0 Å². The van der Waals surface area contributed by atoms with Crippen molar-refractivity contribution in [2.45, 2.75) is 84.3 Å². The number of aliphatic hydroxyl groups excluding tert-OH is 1. The first-order valence-electron chi connectivity index (χ1n) is 12.0. The number of carbonyl (C=O) groups is 2. The molecule has 168 valence electrons. The molecule has 0 heterocycles. The highest BCUT2D eigenvalue weighted by molar-refractivity contribution is 6.34. The van der Waals surface area contributed by atoms with Gasteiger partial charge in [0.2, 0.25) is 0 Å². The highest BCUT2D eigenvalue weighted by Crippen LogP contribution is 2.66. The number of likely N-dealkylation sites (N-methyl/N-ethyl adjacent to an activating group) is 1. The molecule has 0 aliphatic heterocycles. The van der Waals surface area contributed by atoms with Gasteiger partial charge in [0, 0.05) is 20.1 Å². The number of hydrogen-bond acceptors (Lipinski definition) is 3. The van der Waals surface area contributed by atoms with Crippen LogP contribution in [0.15, 0.2) is 11.6 Å². The summed E-state index contributed by atoms with van der Waals surface area (Å²) >= 11 is 0. The minimum Gasteiger partial charge on any atom is -0.393 e. The fraction of sp³-hybridized carbons (Fsp3) is 0.840. The Kier molecular flexibility index (Phi) is 5.57. The molecule has 3 fully saturated rings. The molecule has 3 saturated carbocycles. The van der Waals surface area contributed by atoms with Crippen molar-refractivity contribution >= 4 is 11.8 Å². The zero-order chi connectivity index (χ0) is 21.8. The first-order chi connectivity index (χ1) is 14.1. The van der Waals surface area contributed by atoms with E-state index in [9.17, 15) is 14.7 Å². The first-order valence-corrected chi connectivity index (χ1v) is 12.0. The van der Waals surface area contributed by atoms with Gasteiger partial charge in [-0.1, -0.05) is 25.5 Å². The van der Waals surface area contributed by atoms with Gasteiger partial charge in [-0.25, -0.2) is 0 Å². The third-order valence-electron chi connectivity index (χ3n) is 9.71. The summed E-state index contributed by atoms with van der Waals surface area (Å²) in [5.74, 6) is 1.60. The molecule has 2 N–H and O–H groups in total. The van der Waals surface area contributed by atoms with Crippen LogP contribution < -0.4 is 5.32 Å². The Balaban J connectivity index is 1.51. The van der Waals surface area contributed by atoms with E-state index >= 15 is 0 Å². The third-order valence-corrected chi connectivity index (χ3v) is 9.71. The van der Waals surface area contributed by atoms with Gasteiger partial charge < -0.3 is 15.3 Å². The van der Waals surface area contributed by atoms with E-state index in [2.05, 4.69) is 32.2 Å². The minimum absolute atomic E-state index is 0.0167. The largest absolute Gasteiger partial charge is 0.393 e. The van der Waals surface area contributed by atoms with Crippen molar-refractivity contribution in [1.82, 2.24) is 10.2 Å². The predicted molar refractivity (Wildman–Crippen MR) is 117 cm³/mol. The average Bonchev–Trinajstić information content (AvgIpc) is 3.05. The molecule has 0 bridgehead atoms. The zero-order valence-electron chi connectivity index (χ0n) is 19.4. The molecule has 0 spiro atoms. The monoisotopic (exact) mass is 416 g/mol. The van der Waals surface area contributed by atoms with E-state index in [1.165, 1.54) is 29.7 Å². The molecule has 4 aliphatic rings. The quantitative estimate of drug-likeness (QED) is 0.535. The van der Waals surface area contributed by atoms with Gasteiger partial charge in [-0.05, 0) is 92.8 Å². The highest BCUT2D eigenvalue weighted by atomic mass is 16.3. The lowest BCUT2D eigenvalue weighted by atomic mass is 9.47. The van der Waals surface area contributed by atoms with Crippen molar-refractivity contribution in [3.8, 4) is 0 Å². The van der Waals surface area contributed by atoms with Gasteiger partial charge >= 0.3 is 11.8 Å². The number of allylic oxidation sites excluding steroid dienone is 1. The summed E-state index contributed by atoms with van der Waals surface area (Å²) < 4.78 is 0. The Morgan fingerprint density at radius 1 is 1.13 bits per heavy atom. The van der Waals surface area contributed by atoms with E-state index in [4.69, 9.17) is 0 Å². The summed E-state index contributed by atoms with van der Waals surface area (Å²) in [4.78, 5) is 25.7. The van der Waals surface area contributed by atoms with Crippen LogP contribution in [0.5, 0.6) is 0 Å². The number of fused-ring (bicyclic) bond motifs is 5. The van der Waals surface area contributed by atoms with Gasteiger partial charge in [0.05, 0.1) is 6.10 Å². The SMILES string of the molecule is CC(NC(=O)C(=O)N(C)C)[C@H]1CC[C@H]2[C@@H]3CC=C4C[C@@H](O)CC[C@]4(C)[C@H]3CC[C@]12C. The van der Waals surface area contributed by atoms with Gasteiger partial charge in [-0.15, -0.1) is 0 Å². The smallest absolute Gasteiger partial charge is 0.311 e. The number of amides is 2. The van der Waals surface area contributed by atoms with Gasteiger partial charge in [-0.2, -0.15) is 0 Å². The van der Waals surface area contributed by atoms with Crippen LogP contribution in [0.25, 0.3) is 0 Å². The van der Waals surface area contributed by atoms with Crippen LogP contribution in [0.4, 0.5) is 0 Å². The Hall–Kier alpha value is -1.36. The molecule has 2 amide bonds. The maximum absolute atomic E-state index is 12.3. The molecule has 1 unspecified atom stereocenters. The van der Waals surface area contributed by atoms with E-state index in [0.29, 0.717) is 17.8 Å². The Labute approximate surface area is 181 Å². The third kappa shape index (κ3) is 3.32. The molecule has 0 aromatic carbocycles. The number of aliphatic hydroxyl groups is 1. The zero-order valence-corrected chi connectivity index (χ0v) is 19.4. The Morgan fingerprint density at radius 3 is 2.57 bits per heavy atom. The second-order valence-electron chi connectivity index (χ2n) is 11.3. The highest BCUT2D eigenvalue weighted by Gasteiger charge is 2.59. The van der Waals surface area contributed by atoms with Crippen LogP contribution in [-0.2, 0) is 9.59 Å². The summed E-state index contributed by atoms with van der Waals surface area (Å²) in [5.41, 5.74) is 2.01. The van der Waals surface area contributed by atoms with Crippen LogP contribution in [-0.4, -0.2) is 48.1 Å². The van der Waals surface area contributed by atoms with E-state index in [1.54, 1.807) is 14.1 Å². The molecule has 5 nitrogen and oxygen atoms in total. The molecule has 8 atom stereocenters. The van der Waals surface area contributed by atoms with E-state index in [1.807, 2.05) is 0 Å². The van der Waals surface area contributed by atoms with Crippen molar-refractivity contribution in [3.05, 3.63) is 11.6 Å². The van der Waals surface area contributed by atoms with E-state index in [-0.39, 0.29) is 23.0 Å². The van der Waals surface area contributed by atoms with Crippen molar-refractivity contribution < 1.29 is 14.7 Å². The minimum atomic E-state index is -0.480. The number of hydrogen-bond donors (Lipinski definition) is 2. The summed E-state index contributed by atoms with van der Waals surface area (Å²) in [7, 11) is 3.24. The van der Waals surface area contributed by atoms with E-state index < -0.39 is 11.8 Å². The van der Waals surface area contributed by atoms with Crippen LogP contribution in [0.2, 0.25) is 0 Å². The fourth-order valence-electron chi connectivity index (χ4n) is 8.08. The molecule has 4 rings (SSSR count). The maximum atomic E-state index is 12.3. The summed E-state index contributed by atoms with van der Waals surface area (Å²) in [5, 5.41) is 13.2. The molecular formula is C25H40N2O3. The van der Waals surface area contributed by atoms with Gasteiger partial charge in [-0.3, -0.25) is 9.59 Å². The number of carbonyl (C=O) groups excluding carboxylic acids is 2. The lowest BCUT2D eigenvalue weighted by Gasteiger charge is -2.58. The predicted octanol–water partition coefficient (Wildman–Crippen LogP) is 3.52. The van der Waals surface area contributed by atoms with Crippen molar-refractivity contribution in [3.63, 3.8) is 0 Å². The van der Waals surface area contributed by atoms with Gasteiger partial charge in [0.15, 0.2) is 0 Å². The van der Waals surface area contributed by atoms with Crippen LogP contribution in [0.3, 0.4) is 0 Å². The molecule has 4 aliphatic carbocycles. The summed E-state index contributed by atoms with van der Waals surface area (Å²) in [6.45, 7) is 7.01. The molecular weight excluding hydrogens is 376 g/mol. The van der Waals surface area contributed by atoms with Crippen LogP contribution in [0, 0.1) is 34.5 Å². The van der Waals surface area contributed by atoms with E-state index in [0.717, 1.165) is 38.0 Å². The second-order valence-corrected chi connectivity index (χ2v) is 11.3. The second kappa shape index (κ2) is 7.65. The first kappa shape index (κ1) is 21.9. The summed E-state index contributed by atoms with van der Waals surface area (Å²) in [6.07, 6.45) is 11.2. The lowest BCUT2D eigenvalue weighted by molar-refractivity contribution is -0.145. The van der Waals surface area contributed by atoms with Crippen molar-refractivity contribution in [2.24, 2.45) is 34.5 Å². The van der Waals surface area contributed by atoms with Crippen molar-refractivity contribution in [1.29, 1.82) is 0 Å². The number of nitrogens with one attached hydrogen (secondary N) is 1. The molecule has 0 radical (unpaired) electrons. The molecule has 0 aromatic heterocycles. The molecule has 0 saturated heterocycles.